The van der Waals surface area contributed by atoms with Gasteiger partial charge in [-0.15, -0.1) is 0 Å². The van der Waals surface area contributed by atoms with Crippen LogP contribution in [0.2, 0.25) is 0 Å². The van der Waals surface area contributed by atoms with Crippen molar-refractivity contribution >= 4 is 23.2 Å². The van der Waals surface area contributed by atoms with E-state index in [-0.39, 0.29) is 41.8 Å². The molecule has 0 bridgehead atoms. The number of aliphatic hydroxyl groups excluding tert-OH is 2. The number of likely N-dealkylation sites (N-methyl/N-ethyl adjacent to an activating group) is 1. The van der Waals surface area contributed by atoms with Gasteiger partial charge in [0.2, 0.25) is 5.78 Å². The molecule has 6 atom stereocenters. The van der Waals surface area contributed by atoms with Gasteiger partial charge in [-0.3, -0.25) is 24.2 Å². The molecule has 43 heavy (non-hydrogen) atoms. The lowest BCUT2D eigenvalue weighted by atomic mass is 9.57. The van der Waals surface area contributed by atoms with E-state index in [0.717, 1.165) is 5.56 Å². The van der Waals surface area contributed by atoms with Crippen LogP contribution in [0.5, 0.6) is 5.75 Å². The summed E-state index contributed by atoms with van der Waals surface area (Å²) < 4.78 is 5.98. The van der Waals surface area contributed by atoms with Crippen LogP contribution in [-0.4, -0.2) is 85.5 Å². The summed E-state index contributed by atoms with van der Waals surface area (Å²) in [6.45, 7) is 4.83. The Kier molecular flexibility index (Phi) is 6.68. The quantitative estimate of drug-likeness (QED) is 0.257. The largest absolute Gasteiger partial charge is 0.508 e. The lowest BCUT2D eigenvalue weighted by Crippen LogP contribution is -2.65. The van der Waals surface area contributed by atoms with Gasteiger partial charge in [-0.05, 0) is 70.5 Å². The van der Waals surface area contributed by atoms with Crippen LogP contribution in [0.15, 0.2) is 57.9 Å². The molecular formula is C32H35N3O8. The van der Waals surface area contributed by atoms with Crippen molar-refractivity contribution in [2.24, 2.45) is 17.6 Å². The molecule has 0 spiro atoms. The summed E-state index contributed by atoms with van der Waals surface area (Å²) in [5.74, 6) is -6.26. The van der Waals surface area contributed by atoms with Crippen LogP contribution in [0.4, 0.5) is 0 Å². The molecule has 11 nitrogen and oxygen atoms in total. The second-order valence-corrected chi connectivity index (χ2v) is 12.3. The summed E-state index contributed by atoms with van der Waals surface area (Å²) in [5, 5.41) is 45.3. The number of hydrogen-bond acceptors (Lipinski definition) is 10. The second-order valence-electron chi connectivity index (χ2n) is 12.3. The number of rotatable bonds is 5. The Morgan fingerprint density at radius 3 is 2.42 bits per heavy atom. The van der Waals surface area contributed by atoms with Crippen LogP contribution >= 0.6 is 0 Å². The predicted octanol–water partition coefficient (Wildman–Crippen LogP) is 2.37. The molecule has 11 heteroatoms. The topological polar surface area (TPSA) is 178 Å². The third-order valence-corrected chi connectivity index (χ3v) is 9.66. The van der Waals surface area contributed by atoms with Crippen LogP contribution in [0.3, 0.4) is 0 Å². The number of amides is 1. The number of carbonyl (C=O) groups excluding carboxylic acids is 3. The zero-order valence-corrected chi connectivity index (χ0v) is 24.4. The average molecular weight is 590 g/mol. The van der Waals surface area contributed by atoms with Gasteiger partial charge in [0.15, 0.2) is 11.4 Å². The molecular weight excluding hydrogens is 554 g/mol. The lowest BCUT2D eigenvalue weighted by molar-refractivity contribution is -0.153. The smallest absolute Gasteiger partial charge is 0.255 e. The van der Waals surface area contributed by atoms with Gasteiger partial charge in [0.05, 0.1) is 17.9 Å². The molecule has 3 aliphatic carbocycles. The fraction of sp³-hybridized carbons (Fsp3) is 0.406. The molecule has 0 radical (unpaired) electrons. The number of benzene rings is 1. The van der Waals surface area contributed by atoms with Crippen LogP contribution in [0.1, 0.15) is 37.0 Å². The molecule has 0 saturated heterocycles. The fourth-order valence-corrected chi connectivity index (χ4v) is 7.55. The number of primary amides is 1. The standard InChI is InChI=1S/C32H35N3O8/c1-14-5-6-15(2)35(14)13-16-9-10-43-28(16)18-7-8-21(36)23-19(18)11-17-12-20-25(34(3)4)27(38)24(31(33)41)30(40)32(20,42)29(39)22(17)26(23)37/h5-10,14-15,17,20,25,36-37,40,42H,11-13H2,1-4H3,(H2,33,41)/t14?,15?,17-,20-,25-,32-/m0/s1. The Hall–Kier alpha value is -4.19. The van der Waals surface area contributed by atoms with Crippen LogP contribution in [0, 0.1) is 11.8 Å². The van der Waals surface area contributed by atoms with Crippen LogP contribution < -0.4 is 5.73 Å². The van der Waals surface area contributed by atoms with Gasteiger partial charge in [-0.25, -0.2) is 0 Å². The molecule has 6 N–H and O–H groups in total. The van der Waals surface area contributed by atoms with E-state index in [2.05, 4.69) is 30.9 Å². The molecule has 6 rings (SSSR count). The summed E-state index contributed by atoms with van der Waals surface area (Å²) in [4.78, 5) is 43.4. The Morgan fingerprint density at radius 1 is 1.12 bits per heavy atom. The number of hydrogen-bond donors (Lipinski definition) is 5. The monoisotopic (exact) mass is 589 g/mol. The van der Waals surface area contributed by atoms with Gasteiger partial charge in [-0.1, -0.05) is 12.2 Å². The Morgan fingerprint density at radius 2 is 1.79 bits per heavy atom. The van der Waals surface area contributed by atoms with E-state index in [9.17, 15) is 34.8 Å². The molecule has 1 aromatic carbocycles. The van der Waals surface area contributed by atoms with Gasteiger partial charge in [0.1, 0.15) is 28.6 Å². The zero-order valence-electron chi connectivity index (χ0n) is 24.4. The highest BCUT2D eigenvalue weighted by Gasteiger charge is 2.64. The van der Waals surface area contributed by atoms with Crippen molar-refractivity contribution in [2.75, 3.05) is 14.1 Å². The SMILES string of the molecule is CC1C=CC(C)N1Cc1ccoc1-c1ccc(O)c2c1C[C@H]1C[C@H]3[C@H](N(C)C)C(=O)C(C(N)=O)=C(O)[C@@]3(O)C(=O)C1=C2O. The summed E-state index contributed by atoms with van der Waals surface area (Å²) in [5.41, 5.74) is 3.83. The van der Waals surface area contributed by atoms with E-state index >= 15 is 0 Å². The number of aliphatic hydroxyl groups is 3. The van der Waals surface area contributed by atoms with E-state index in [4.69, 9.17) is 10.2 Å². The van der Waals surface area contributed by atoms with Gasteiger partial charge in [-0.2, -0.15) is 0 Å². The summed E-state index contributed by atoms with van der Waals surface area (Å²) in [6, 6.07) is 4.34. The summed E-state index contributed by atoms with van der Waals surface area (Å²) in [6.07, 6.45) is 6.08. The Balaban J connectivity index is 1.49. The van der Waals surface area contributed by atoms with E-state index in [1.807, 2.05) is 6.07 Å². The van der Waals surface area contributed by atoms with Gasteiger partial charge < -0.3 is 30.6 Å². The van der Waals surface area contributed by atoms with Crippen molar-refractivity contribution in [3.63, 3.8) is 0 Å². The first-order valence-corrected chi connectivity index (χ1v) is 14.3. The highest BCUT2D eigenvalue weighted by molar-refractivity contribution is 6.24. The normalized spacial score (nSPS) is 30.6. The molecule has 4 aliphatic rings. The molecule has 2 heterocycles. The molecule has 226 valence electrons. The van der Waals surface area contributed by atoms with Crippen molar-refractivity contribution < 1.29 is 39.2 Å². The summed E-state index contributed by atoms with van der Waals surface area (Å²) >= 11 is 0. The van der Waals surface area contributed by atoms with E-state index < -0.39 is 58.0 Å². The number of nitrogens with zero attached hydrogens (tertiary/aromatic N) is 2. The third-order valence-electron chi connectivity index (χ3n) is 9.66. The van der Waals surface area contributed by atoms with Gasteiger partial charge in [0, 0.05) is 41.2 Å². The highest BCUT2D eigenvalue weighted by atomic mass is 16.3. The number of Topliss-reactive ketones (excluding diaryl/α,β-unsaturated/α-hetero) is 2. The average Bonchev–Trinajstić information content (AvgIpc) is 3.52. The number of phenols is 1. The van der Waals surface area contributed by atoms with Gasteiger partial charge >= 0.3 is 0 Å². The number of nitrogens with two attached hydrogens (primary N) is 1. The maximum Gasteiger partial charge on any atom is 0.255 e. The molecule has 1 saturated carbocycles. The van der Waals surface area contributed by atoms with E-state index in [0.29, 0.717) is 23.4 Å². The number of furan rings is 1. The fourth-order valence-electron chi connectivity index (χ4n) is 7.55. The first-order valence-electron chi connectivity index (χ1n) is 14.3. The molecule has 1 fully saturated rings. The highest BCUT2D eigenvalue weighted by Crippen LogP contribution is 2.53. The lowest BCUT2D eigenvalue weighted by Gasteiger charge is -2.50. The minimum Gasteiger partial charge on any atom is -0.508 e. The van der Waals surface area contributed by atoms with Crippen LogP contribution in [0.25, 0.3) is 17.1 Å². The van der Waals surface area contributed by atoms with Crippen LogP contribution in [-0.2, 0) is 27.3 Å². The first kappa shape index (κ1) is 28.9. The number of fused-ring (bicyclic) bond motifs is 3. The molecule has 1 aliphatic heterocycles. The van der Waals surface area contributed by atoms with Crippen molar-refractivity contribution in [1.29, 1.82) is 0 Å². The van der Waals surface area contributed by atoms with E-state index in [1.54, 1.807) is 26.4 Å². The maximum absolute atomic E-state index is 14.1. The van der Waals surface area contributed by atoms with E-state index in [1.165, 1.54) is 11.0 Å². The predicted molar refractivity (Wildman–Crippen MR) is 156 cm³/mol. The number of phenolic OH excluding ortho intramolecular Hbond substituents is 1. The minimum absolute atomic E-state index is 0.0142. The second kappa shape index (κ2) is 9.94. The first-order chi connectivity index (χ1) is 20.3. The number of carbonyl (C=O) groups is 3. The Labute approximate surface area is 248 Å². The number of ketones is 2. The number of aromatic hydroxyl groups is 1. The molecule has 2 aromatic rings. The molecule has 2 unspecified atom stereocenters. The maximum atomic E-state index is 14.1. The molecule has 1 aromatic heterocycles. The van der Waals surface area contributed by atoms with Crippen molar-refractivity contribution in [1.82, 2.24) is 9.80 Å². The third kappa shape index (κ3) is 4.02. The van der Waals surface area contributed by atoms with Gasteiger partial charge in [0.25, 0.3) is 5.91 Å². The summed E-state index contributed by atoms with van der Waals surface area (Å²) in [7, 11) is 3.14. The van der Waals surface area contributed by atoms with Crippen molar-refractivity contribution in [2.45, 2.75) is 57.0 Å². The Bertz CT molecular complexity index is 1650. The van der Waals surface area contributed by atoms with Crippen molar-refractivity contribution in [3.8, 4) is 17.1 Å². The minimum atomic E-state index is -2.68. The zero-order chi connectivity index (χ0) is 31.1. The molecule has 1 amide bonds. The van der Waals surface area contributed by atoms with Crippen molar-refractivity contribution in [3.05, 3.63) is 70.2 Å².